The number of carbonyl (C=O) groups is 1. The van der Waals surface area contributed by atoms with Gasteiger partial charge in [0, 0.05) is 31.4 Å². The summed E-state index contributed by atoms with van der Waals surface area (Å²) >= 11 is 0. The van der Waals surface area contributed by atoms with Crippen LogP contribution < -0.4 is 4.74 Å². The first kappa shape index (κ1) is 18.4. The third kappa shape index (κ3) is 5.07. The monoisotopic (exact) mass is 352 g/mol. The summed E-state index contributed by atoms with van der Waals surface area (Å²) in [5, 5.41) is 0. The maximum Gasteiger partial charge on any atom is 0.225 e. The van der Waals surface area contributed by atoms with Crippen LogP contribution in [0.2, 0.25) is 0 Å². The lowest BCUT2D eigenvalue weighted by molar-refractivity contribution is -0.135. The van der Waals surface area contributed by atoms with Crippen molar-refractivity contribution in [1.29, 1.82) is 0 Å². The number of benzene rings is 1. The summed E-state index contributed by atoms with van der Waals surface area (Å²) in [6, 6.07) is 12.4. The fourth-order valence-corrected chi connectivity index (χ4v) is 3.43. The van der Waals surface area contributed by atoms with E-state index in [9.17, 15) is 4.79 Å². The maximum absolute atomic E-state index is 12.1. The summed E-state index contributed by atoms with van der Waals surface area (Å²) < 4.78 is 5.76. The van der Waals surface area contributed by atoms with E-state index >= 15 is 0 Å². The van der Waals surface area contributed by atoms with E-state index in [-0.39, 0.29) is 5.92 Å². The maximum atomic E-state index is 12.1. The molecule has 0 saturated carbocycles. The van der Waals surface area contributed by atoms with Gasteiger partial charge in [0.05, 0.1) is 0 Å². The third-order valence-corrected chi connectivity index (χ3v) is 5.02. The van der Waals surface area contributed by atoms with E-state index in [1.165, 1.54) is 11.1 Å². The highest BCUT2D eigenvalue weighted by Crippen LogP contribution is 2.23. The van der Waals surface area contributed by atoms with E-state index in [1.54, 1.807) is 12.4 Å². The van der Waals surface area contributed by atoms with Crippen molar-refractivity contribution in [3.63, 3.8) is 0 Å². The van der Waals surface area contributed by atoms with Gasteiger partial charge in [-0.3, -0.25) is 9.78 Å². The largest absolute Gasteiger partial charge is 0.489 e. The predicted octanol–water partition coefficient (Wildman–Crippen LogP) is 4.10. The molecule has 4 heteroatoms. The lowest BCUT2D eigenvalue weighted by Crippen LogP contribution is -2.40. The SMILES string of the molecule is CC(C)C(=O)N1CCC(Cc2ccc(COc3ccncc3)cc2)CC1. The van der Waals surface area contributed by atoms with Crippen LogP contribution in [0.3, 0.4) is 0 Å². The molecule has 1 aliphatic heterocycles. The Morgan fingerprint density at radius 3 is 2.31 bits per heavy atom. The predicted molar refractivity (Wildman–Crippen MR) is 103 cm³/mol. The first-order valence-electron chi connectivity index (χ1n) is 9.51. The molecule has 0 spiro atoms. The van der Waals surface area contributed by atoms with Crippen molar-refractivity contribution in [3.05, 3.63) is 59.9 Å². The normalized spacial score (nSPS) is 15.3. The molecule has 1 amide bonds. The molecule has 2 aromatic rings. The smallest absolute Gasteiger partial charge is 0.225 e. The second kappa shape index (κ2) is 8.84. The Morgan fingerprint density at radius 1 is 1.08 bits per heavy atom. The number of likely N-dealkylation sites (tertiary alicyclic amines) is 1. The second-order valence-electron chi connectivity index (χ2n) is 7.42. The lowest BCUT2D eigenvalue weighted by Gasteiger charge is -2.33. The van der Waals surface area contributed by atoms with Gasteiger partial charge in [0.2, 0.25) is 5.91 Å². The van der Waals surface area contributed by atoms with E-state index in [2.05, 4.69) is 29.2 Å². The topological polar surface area (TPSA) is 42.4 Å². The van der Waals surface area contributed by atoms with Crippen LogP contribution in [0.25, 0.3) is 0 Å². The molecule has 138 valence electrons. The minimum Gasteiger partial charge on any atom is -0.489 e. The number of rotatable bonds is 6. The number of hydrogen-bond donors (Lipinski definition) is 0. The molecule has 26 heavy (non-hydrogen) atoms. The molecule has 1 saturated heterocycles. The number of ether oxygens (including phenoxy) is 1. The number of aromatic nitrogens is 1. The molecule has 0 radical (unpaired) electrons. The molecule has 0 atom stereocenters. The van der Waals surface area contributed by atoms with Crippen molar-refractivity contribution in [2.75, 3.05) is 13.1 Å². The van der Waals surface area contributed by atoms with Crippen LogP contribution in [-0.2, 0) is 17.8 Å². The molecule has 2 heterocycles. The van der Waals surface area contributed by atoms with Gasteiger partial charge in [0.1, 0.15) is 12.4 Å². The van der Waals surface area contributed by atoms with Gasteiger partial charge >= 0.3 is 0 Å². The van der Waals surface area contributed by atoms with E-state index in [1.807, 2.05) is 30.9 Å². The van der Waals surface area contributed by atoms with Crippen molar-refractivity contribution >= 4 is 5.91 Å². The number of hydrogen-bond acceptors (Lipinski definition) is 3. The van der Waals surface area contributed by atoms with Crippen molar-refractivity contribution in [2.24, 2.45) is 11.8 Å². The molecule has 0 unspecified atom stereocenters. The Kier molecular flexibility index (Phi) is 6.26. The first-order valence-corrected chi connectivity index (χ1v) is 9.51. The van der Waals surface area contributed by atoms with Crippen molar-refractivity contribution in [2.45, 2.75) is 39.7 Å². The van der Waals surface area contributed by atoms with Crippen molar-refractivity contribution in [3.8, 4) is 5.75 Å². The standard InChI is InChI=1S/C22H28N2O2/c1-17(2)22(25)24-13-9-19(10-14-24)15-18-3-5-20(6-4-18)16-26-21-7-11-23-12-8-21/h3-8,11-12,17,19H,9-10,13-16H2,1-2H3. The van der Waals surface area contributed by atoms with Gasteiger partial charge in [-0.1, -0.05) is 38.1 Å². The van der Waals surface area contributed by atoms with Gasteiger partial charge in [-0.25, -0.2) is 0 Å². The zero-order chi connectivity index (χ0) is 18.4. The zero-order valence-corrected chi connectivity index (χ0v) is 15.7. The molecular weight excluding hydrogens is 324 g/mol. The summed E-state index contributed by atoms with van der Waals surface area (Å²) in [5.74, 6) is 1.91. The van der Waals surface area contributed by atoms with Crippen LogP contribution in [-0.4, -0.2) is 28.9 Å². The first-order chi connectivity index (χ1) is 12.6. The van der Waals surface area contributed by atoms with Gasteiger partial charge < -0.3 is 9.64 Å². The fourth-order valence-electron chi connectivity index (χ4n) is 3.43. The Hall–Kier alpha value is -2.36. The van der Waals surface area contributed by atoms with Crippen LogP contribution >= 0.6 is 0 Å². The number of nitrogens with zero attached hydrogens (tertiary/aromatic N) is 2. The quantitative estimate of drug-likeness (QED) is 0.786. The molecular formula is C22H28N2O2. The van der Waals surface area contributed by atoms with Gasteiger partial charge in [0.15, 0.2) is 0 Å². The van der Waals surface area contributed by atoms with Crippen LogP contribution in [0.15, 0.2) is 48.8 Å². The molecule has 0 N–H and O–H groups in total. The van der Waals surface area contributed by atoms with E-state index in [0.717, 1.165) is 38.1 Å². The van der Waals surface area contributed by atoms with E-state index < -0.39 is 0 Å². The minimum atomic E-state index is 0.105. The van der Waals surface area contributed by atoms with Crippen LogP contribution in [0.4, 0.5) is 0 Å². The highest BCUT2D eigenvalue weighted by Gasteiger charge is 2.24. The average molecular weight is 352 g/mol. The molecule has 1 aliphatic rings. The summed E-state index contributed by atoms with van der Waals surface area (Å²) in [5.41, 5.74) is 2.54. The van der Waals surface area contributed by atoms with Crippen LogP contribution in [0.1, 0.15) is 37.8 Å². The lowest BCUT2D eigenvalue weighted by atomic mass is 9.89. The van der Waals surface area contributed by atoms with Crippen LogP contribution in [0.5, 0.6) is 5.75 Å². The fraction of sp³-hybridized carbons (Fsp3) is 0.455. The molecule has 1 aromatic carbocycles. The Bertz CT molecular complexity index is 690. The number of amides is 1. The van der Waals surface area contributed by atoms with Gasteiger partial charge in [-0.05, 0) is 48.4 Å². The molecule has 1 aromatic heterocycles. The number of pyridine rings is 1. The van der Waals surface area contributed by atoms with Crippen molar-refractivity contribution in [1.82, 2.24) is 9.88 Å². The third-order valence-electron chi connectivity index (χ3n) is 5.02. The zero-order valence-electron chi connectivity index (χ0n) is 15.7. The summed E-state index contributed by atoms with van der Waals surface area (Å²) in [4.78, 5) is 18.1. The Balaban J connectivity index is 1.45. The molecule has 0 bridgehead atoms. The van der Waals surface area contributed by atoms with Gasteiger partial charge in [-0.2, -0.15) is 0 Å². The average Bonchev–Trinajstić information content (AvgIpc) is 2.68. The summed E-state index contributed by atoms with van der Waals surface area (Å²) in [6.45, 7) is 6.34. The number of piperidine rings is 1. The highest BCUT2D eigenvalue weighted by atomic mass is 16.5. The van der Waals surface area contributed by atoms with Gasteiger partial charge in [0.25, 0.3) is 0 Å². The summed E-state index contributed by atoms with van der Waals surface area (Å²) in [6.07, 6.45) is 6.77. The van der Waals surface area contributed by atoms with Crippen LogP contribution in [0, 0.1) is 11.8 Å². The Morgan fingerprint density at radius 2 is 1.69 bits per heavy atom. The van der Waals surface area contributed by atoms with Gasteiger partial charge in [-0.15, -0.1) is 0 Å². The van der Waals surface area contributed by atoms with E-state index in [0.29, 0.717) is 18.4 Å². The van der Waals surface area contributed by atoms with E-state index in [4.69, 9.17) is 4.74 Å². The molecule has 4 nitrogen and oxygen atoms in total. The second-order valence-corrected chi connectivity index (χ2v) is 7.42. The van der Waals surface area contributed by atoms with Crippen molar-refractivity contribution < 1.29 is 9.53 Å². The highest BCUT2D eigenvalue weighted by molar-refractivity contribution is 5.78. The number of carbonyl (C=O) groups excluding carboxylic acids is 1. The molecule has 1 fully saturated rings. The molecule has 0 aliphatic carbocycles. The summed E-state index contributed by atoms with van der Waals surface area (Å²) in [7, 11) is 0. The Labute approximate surface area is 156 Å². The molecule has 3 rings (SSSR count). The minimum absolute atomic E-state index is 0.105.